The average Bonchev–Trinajstić information content (AvgIpc) is 2.45. The lowest BCUT2D eigenvalue weighted by molar-refractivity contribution is -0.119. The zero-order valence-electron chi connectivity index (χ0n) is 11.6. The molecule has 1 aliphatic rings. The molecule has 0 spiro atoms. The maximum atomic E-state index is 13.9. The number of rotatable bonds is 4. The molecule has 108 valence electrons. The maximum Gasteiger partial charge on any atom is 0.216 e. The number of aldehydes is 1. The van der Waals surface area contributed by atoms with Crippen molar-refractivity contribution in [3.8, 4) is 0 Å². The Morgan fingerprint density at radius 1 is 1.45 bits per heavy atom. The Labute approximate surface area is 118 Å². The lowest BCUT2D eigenvalue weighted by atomic mass is 9.96. The van der Waals surface area contributed by atoms with Crippen molar-refractivity contribution < 1.29 is 14.0 Å². The first-order chi connectivity index (χ1) is 9.60. The topological polar surface area (TPSA) is 49.4 Å². The van der Waals surface area contributed by atoms with E-state index in [1.165, 1.54) is 13.0 Å². The third-order valence-electron chi connectivity index (χ3n) is 3.70. The van der Waals surface area contributed by atoms with Gasteiger partial charge in [0.2, 0.25) is 5.91 Å². The normalized spacial score (nSPS) is 16.0. The summed E-state index contributed by atoms with van der Waals surface area (Å²) in [5.41, 5.74) is 0.903. The van der Waals surface area contributed by atoms with Crippen LogP contribution in [0.25, 0.3) is 0 Å². The Morgan fingerprint density at radius 3 is 2.70 bits per heavy atom. The lowest BCUT2D eigenvalue weighted by Crippen LogP contribution is -2.38. The van der Waals surface area contributed by atoms with E-state index in [-0.39, 0.29) is 11.7 Å². The minimum atomic E-state index is -0.352. The summed E-state index contributed by atoms with van der Waals surface area (Å²) in [6, 6.07) is 4.56. The summed E-state index contributed by atoms with van der Waals surface area (Å²) in [6.45, 7) is 3.73. The second kappa shape index (κ2) is 6.50. The van der Waals surface area contributed by atoms with Crippen molar-refractivity contribution in [3.63, 3.8) is 0 Å². The maximum absolute atomic E-state index is 13.9. The molecule has 1 N–H and O–H groups in total. The molecule has 20 heavy (non-hydrogen) atoms. The van der Waals surface area contributed by atoms with Gasteiger partial charge in [-0.3, -0.25) is 9.59 Å². The predicted molar refractivity (Wildman–Crippen MR) is 75.4 cm³/mol. The van der Waals surface area contributed by atoms with Crippen LogP contribution in [0.2, 0.25) is 0 Å². The van der Waals surface area contributed by atoms with Gasteiger partial charge < -0.3 is 10.2 Å². The minimum Gasteiger partial charge on any atom is -0.369 e. The van der Waals surface area contributed by atoms with Crippen LogP contribution in [0.1, 0.15) is 30.1 Å². The molecule has 0 aliphatic carbocycles. The third-order valence-corrected chi connectivity index (χ3v) is 3.70. The minimum absolute atomic E-state index is 0.0112. The van der Waals surface area contributed by atoms with E-state index in [0.29, 0.717) is 30.0 Å². The van der Waals surface area contributed by atoms with E-state index in [1.807, 2.05) is 4.90 Å². The third kappa shape index (κ3) is 3.56. The van der Waals surface area contributed by atoms with Crippen molar-refractivity contribution in [2.45, 2.75) is 19.8 Å². The van der Waals surface area contributed by atoms with Crippen LogP contribution >= 0.6 is 0 Å². The number of carbonyl (C=O) groups is 2. The Bertz CT molecular complexity index is 497. The Hall–Kier alpha value is -1.91. The number of nitrogens with one attached hydrogen (secondary N) is 1. The molecule has 0 aromatic heterocycles. The summed E-state index contributed by atoms with van der Waals surface area (Å²) in [4.78, 5) is 23.5. The molecule has 0 unspecified atom stereocenters. The highest BCUT2D eigenvalue weighted by Gasteiger charge is 2.21. The lowest BCUT2D eigenvalue weighted by Gasteiger charge is -2.33. The molecule has 0 bridgehead atoms. The van der Waals surface area contributed by atoms with E-state index in [4.69, 9.17) is 0 Å². The summed E-state index contributed by atoms with van der Waals surface area (Å²) in [5.74, 6) is 0.0882. The van der Waals surface area contributed by atoms with E-state index in [9.17, 15) is 14.0 Å². The first-order valence-electron chi connectivity index (χ1n) is 6.84. The van der Waals surface area contributed by atoms with Crippen LogP contribution in [0.3, 0.4) is 0 Å². The predicted octanol–water partition coefficient (Wildman–Crippen LogP) is 1.99. The zero-order valence-corrected chi connectivity index (χ0v) is 11.6. The van der Waals surface area contributed by atoms with Gasteiger partial charge in [0.25, 0.3) is 0 Å². The van der Waals surface area contributed by atoms with Crippen LogP contribution in [0.15, 0.2) is 18.2 Å². The fraction of sp³-hybridized carbons (Fsp3) is 0.467. The summed E-state index contributed by atoms with van der Waals surface area (Å²) in [5, 5.41) is 2.83. The van der Waals surface area contributed by atoms with E-state index >= 15 is 0 Å². The second-order valence-electron chi connectivity index (χ2n) is 5.20. The van der Waals surface area contributed by atoms with E-state index in [2.05, 4.69) is 5.32 Å². The highest BCUT2D eigenvalue weighted by atomic mass is 19.1. The van der Waals surface area contributed by atoms with Crippen LogP contribution in [0.4, 0.5) is 10.1 Å². The van der Waals surface area contributed by atoms with Gasteiger partial charge in [0.15, 0.2) is 0 Å². The SMILES string of the molecule is CC(=O)NCC1CCN(c2ccc(C=O)cc2F)CC1. The standard InChI is InChI=1S/C15H19FN2O2/c1-11(20)17-9-12-4-6-18(7-5-12)15-3-2-13(10-19)8-14(15)16/h2-3,8,10,12H,4-7,9H2,1H3,(H,17,20). The van der Waals surface area contributed by atoms with Gasteiger partial charge in [-0.1, -0.05) is 0 Å². The molecule has 1 fully saturated rings. The van der Waals surface area contributed by atoms with Crippen molar-refractivity contribution in [2.24, 2.45) is 5.92 Å². The fourth-order valence-corrected chi connectivity index (χ4v) is 2.52. The fourth-order valence-electron chi connectivity index (χ4n) is 2.52. The molecule has 2 rings (SSSR count). The first-order valence-corrected chi connectivity index (χ1v) is 6.84. The van der Waals surface area contributed by atoms with Gasteiger partial charge in [0.05, 0.1) is 5.69 Å². The van der Waals surface area contributed by atoms with E-state index in [1.54, 1.807) is 12.1 Å². The summed E-state index contributed by atoms with van der Waals surface area (Å²) < 4.78 is 13.9. The summed E-state index contributed by atoms with van der Waals surface area (Å²) in [7, 11) is 0. The first kappa shape index (κ1) is 14.5. The van der Waals surface area contributed by atoms with Gasteiger partial charge in [-0.15, -0.1) is 0 Å². The molecule has 0 saturated carbocycles. The second-order valence-corrected chi connectivity index (χ2v) is 5.20. The van der Waals surface area contributed by atoms with Gasteiger partial charge in [-0.25, -0.2) is 4.39 Å². The number of carbonyl (C=O) groups excluding carboxylic acids is 2. The van der Waals surface area contributed by atoms with Crippen LogP contribution < -0.4 is 10.2 Å². The quantitative estimate of drug-likeness (QED) is 0.857. The molecule has 4 nitrogen and oxygen atoms in total. The highest BCUT2D eigenvalue weighted by molar-refractivity contribution is 5.76. The van der Waals surface area contributed by atoms with Crippen LogP contribution in [-0.4, -0.2) is 31.8 Å². The molecule has 1 amide bonds. The van der Waals surface area contributed by atoms with Gasteiger partial charge in [-0.2, -0.15) is 0 Å². The van der Waals surface area contributed by atoms with Gasteiger partial charge in [0, 0.05) is 32.1 Å². The van der Waals surface area contributed by atoms with Crippen molar-refractivity contribution >= 4 is 17.9 Å². The zero-order chi connectivity index (χ0) is 14.5. The van der Waals surface area contributed by atoms with E-state index < -0.39 is 0 Å². The molecule has 0 radical (unpaired) electrons. The molecule has 1 aromatic carbocycles. The number of benzene rings is 1. The molecule has 1 aromatic rings. The van der Waals surface area contributed by atoms with Crippen molar-refractivity contribution in [1.29, 1.82) is 0 Å². The van der Waals surface area contributed by atoms with Crippen LogP contribution in [0.5, 0.6) is 0 Å². The van der Waals surface area contributed by atoms with Gasteiger partial charge in [0.1, 0.15) is 12.1 Å². The van der Waals surface area contributed by atoms with Crippen LogP contribution in [-0.2, 0) is 4.79 Å². The van der Waals surface area contributed by atoms with Gasteiger partial charge in [-0.05, 0) is 37.0 Å². The number of halogens is 1. The summed E-state index contributed by atoms with van der Waals surface area (Å²) >= 11 is 0. The Kier molecular flexibility index (Phi) is 4.71. The number of hydrogen-bond acceptors (Lipinski definition) is 3. The summed E-state index contributed by atoms with van der Waals surface area (Å²) in [6.07, 6.45) is 2.50. The monoisotopic (exact) mass is 278 g/mol. The molecule has 1 aliphatic heterocycles. The Morgan fingerprint density at radius 2 is 2.15 bits per heavy atom. The molecule has 1 saturated heterocycles. The number of piperidine rings is 1. The number of anilines is 1. The molecule has 5 heteroatoms. The molecular formula is C15H19FN2O2. The largest absolute Gasteiger partial charge is 0.369 e. The smallest absolute Gasteiger partial charge is 0.216 e. The average molecular weight is 278 g/mol. The molecular weight excluding hydrogens is 259 g/mol. The number of amides is 1. The van der Waals surface area contributed by atoms with Crippen molar-refractivity contribution in [2.75, 3.05) is 24.5 Å². The molecule has 0 atom stereocenters. The van der Waals surface area contributed by atoms with Crippen molar-refractivity contribution in [3.05, 3.63) is 29.6 Å². The Balaban J connectivity index is 1.93. The van der Waals surface area contributed by atoms with Crippen LogP contribution in [0, 0.1) is 11.7 Å². The van der Waals surface area contributed by atoms with E-state index in [0.717, 1.165) is 25.9 Å². The number of nitrogens with zero attached hydrogens (tertiary/aromatic N) is 1. The van der Waals surface area contributed by atoms with Gasteiger partial charge >= 0.3 is 0 Å². The number of hydrogen-bond donors (Lipinski definition) is 1. The van der Waals surface area contributed by atoms with Crippen molar-refractivity contribution in [1.82, 2.24) is 5.32 Å². The highest BCUT2D eigenvalue weighted by Crippen LogP contribution is 2.25. The molecule has 1 heterocycles.